The Morgan fingerprint density at radius 2 is 1.84 bits per heavy atom. The van der Waals surface area contributed by atoms with Gasteiger partial charge in [0.25, 0.3) is 0 Å². The Kier molecular flexibility index (Phi) is 8.76. The first-order valence-corrected chi connectivity index (χ1v) is 8.65. The highest BCUT2D eigenvalue weighted by Gasteiger charge is 2.24. The minimum absolute atomic E-state index is 0. The van der Waals surface area contributed by atoms with Crippen LogP contribution in [0.15, 0.2) is 48.5 Å². The predicted octanol–water partition coefficient (Wildman–Crippen LogP) is 5.82. The van der Waals surface area contributed by atoms with E-state index >= 15 is 0 Å². The lowest BCUT2D eigenvalue weighted by Gasteiger charge is -2.11. The number of benzene rings is 2. The second-order valence-corrected chi connectivity index (χ2v) is 6.18. The minimum Gasteiger partial charge on any atom is -0.489 e. The number of fused-ring (bicyclic) bond motifs is 1. The Balaban J connectivity index is 0.000000730. The second kappa shape index (κ2) is 10.5. The van der Waals surface area contributed by atoms with Crippen molar-refractivity contribution < 1.29 is 14.6 Å². The highest BCUT2D eigenvalue weighted by molar-refractivity contribution is 5.68. The van der Waals surface area contributed by atoms with Crippen LogP contribution in [0, 0.1) is 0 Å². The van der Waals surface area contributed by atoms with Crippen molar-refractivity contribution in [1.29, 1.82) is 0 Å². The highest BCUT2D eigenvalue weighted by Crippen LogP contribution is 2.37. The van der Waals surface area contributed by atoms with Crippen LogP contribution in [0.1, 0.15) is 63.1 Å². The molecule has 3 rings (SSSR count). The Labute approximate surface area is 151 Å². The third-order valence-electron chi connectivity index (χ3n) is 3.99. The molecular weight excluding hydrogens is 312 g/mol. The van der Waals surface area contributed by atoms with Gasteiger partial charge in [0.05, 0.1) is 6.42 Å². The third-order valence-corrected chi connectivity index (χ3v) is 3.99. The van der Waals surface area contributed by atoms with Gasteiger partial charge in [-0.05, 0) is 47.6 Å². The van der Waals surface area contributed by atoms with Gasteiger partial charge < -0.3 is 9.84 Å². The SMILES string of the molecule is C.CCC.O=C(O)CC1CCc2cc(OCc3ccccc3)ccc21. The standard InChI is InChI=1S/C18H18O3.C3H8.CH4/c19-18(20)11-15-7-6-14-10-16(8-9-17(14)15)21-12-13-4-2-1-3-5-13;1-3-2;/h1-5,8-10,15H,6-7,11-12H2,(H,19,20);3H2,1-2H3;1H4. The maximum atomic E-state index is 10.9. The summed E-state index contributed by atoms with van der Waals surface area (Å²) in [4.78, 5) is 10.9. The number of ether oxygens (including phenoxy) is 1. The van der Waals surface area contributed by atoms with E-state index in [0.29, 0.717) is 6.61 Å². The zero-order chi connectivity index (χ0) is 17.4. The summed E-state index contributed by atoms with van der Waals surface area (Å²) in [6.45, 7) is 4.80. The average Bonchev–Trinajstić information content (AvgIpc) is 2.96. The smallest absolute Gasteiger partial charge is 0.303 e. The number of carbonyl (C=O) groups is 1. The monoisotopic (exact) mass is 342 g/mol. The van der Waals surface area contributed by atoms with Gasteiger partial charge in [0.1, 0.15) is 12.4 Å². The van der Waals surface area contributed by atoms with Gasteiger partial charge in [-0.25, -0.2) is 0 Å². The molecule has 1 atom stereocenters. The summed E-state index contributed by atoms with van der Waals surface area (Å²) >= 11 is 0. The quantitative estimate of drug-likeness (QED) is 0.744. The molecule has 0 aromatic heterocycles. The molecule has 136 valence electrons. The van der Waals surface area contributed by atoms with Crippen molar-refractivity contribution in [3.05, 3.63) is 65.2 Å². The molecule has 0 fully saturated rings. The number of hydrogen-bond donors (Lipinski definition) is 1. The summed E-state index contributed by atoms with van der Waals surface area (Å²) in [5.74, 6) is 0.284. The molecule has 0 spiro atoms. The first-order chi connectivity index (χ1) is 11.6. The fraction of sp³-hybridized carbons (Fsp3) is 0.409. The molecule has 25 heavy (non-hydrogen) atoms. The molecule has 1 unspecified atom stereocenters. The first-order valence-electron chi connectivity index (χ1n) is 8.65. The van der Waals surface area contributed by atoms with E-state index < -0.39 is 5.97 Å². The van der Waals surface area contributed by atoms with Crippen LogP contribution >= 0.6 is 0 Å². The van der Waals surface area contributed by atoms with Crippen molar-refractivity contribution in [2.75, 3.05) is 0 Å². The van der Waals surface area contributed by atoms with Crippen LogP contribution in [0.5, 0.6) is 5.75 Å². The molecule has 1 aliphatic carbocycles. The topological polar surface area (TPSA) is 46.5 Å². The van der Waals surface area contributed by atoms with E-state index in [9.17, 15) is 4.79 Å². The Morgan fingerprint density at radius 3 is 2.48 bits per heavy atom. The number of aryl methyl sites for hydroxylation is 1. The van der Waals surface area contributed by atoms with Gasteiger partial charge in [0.2, 0.25) is 0 Å². The summed E-state index contributed by atoms with van der Waals surface area (Å²) in [6, 6.07) is 16.1. The molecule has 2 aromatic rings. The number of carboxylic acids is 1. The van der Waals surface area contributed by atoms with Gasteiger partial charge in [-0.3, -0.25) is 4.79 Å². The minimum atomic E-state index is -0.725. The summed E-state index contributed by atoms with van der Waals surface area (Å²) < 4.78 is 5.82. The molecule has 0 radical (unpaired) electrons. The summed E-state index contributed by atoms with van der Waals surface area (Å²) in [5.41, 5.74) is 3.54. The number of aliphatic carboxylic acids is 1. The lowest BCUT2D eigenvalue weighted by atomic mass is 9.98. The van der Waals surface area contributed by atoms with Gasteiger partial charge in [0.15, 0.2) is 0 Å². The van der Waals surface area contributed by atoms with Crippen LogP contribution in [0.3, 0.4) is 0 Å². The van der Waals surface area contributed by atoms with E-state index in [1.807, 2.05) is 42.5 Å². The van der Waals surface area contributed by atoms with E-state index in [1.54, 1.807) is 0 Å². The fourth-order valence-electron chi connectivity index (χ4n) is 2.94. The zero-order valence-corrected chi connectivity index (χ0v) is 14.5. The summed E-state index contributed by atoms with van der Waals surface area (Å²) in [5, 5.41) is 8.94. The molecule has 2 aromatic carbocycles. The van der Waals surface area contributed by atoms with Crippen molar-refractivity contribution in [2.45, 2.75) is 59.5 Å². The van der Waals surface area contributed by atoms with Crippen LogP contribution in [-0.2, 0) is 17.8 Å². The van der Waals surface area contributed by atoms with Crippen molar-refractivity contribution in [3.63, 3.8) is 0 Å². The van der Waals surface area contributed by atoms with E-state index in [4.69, 9.17) is 9.84 Å². The molecule has 0 saturated carbocycles. The Morgan fingerprint density at radius 1 is 1.16 bits per heavy atom. The largest absolute Gasteiger partial charge is 0.489 e. The van der Waals surface area contributed by atoms with Gasteiger partial charge in [-0.15, -0.1) is 0 Å². The molecule has 0 aliphatic heterocycles. The zero-order valence-electron chi connectivity index (χ0n) is 14.5. The van der Waals surface area contributed by atoms with E-state index in [1.165, 1.54) is 17.5 Å². The van der Waals surface area contributed by atoms with Gasteiger partial charge in [-0.2, -0.15) is 0 Å². The second-order valence-electron chi connectivity index (χ2n) is 6.18. The van der Waals surface area contributed by atoms with Crippen molar-refractivity contribution in [1.82, 2.24) is 0 Å². The van der Waals surface area contributed by atoms with Crippen molar-refractivity contribution in [3.8, 4) is 5.75 Å². The molecule has 0 amide bonds. The lowest BCUT2D eigenvalue weighted by Crippen LogP contribution is -2.03. The summed E-state index contributed by atoms with van der Waals surface area (Å²) in [6.07, 6.45) is 3.33. The van der Waals surface area contributed by atoms with E-state index in [-0.39, 0.29) is 19.8 Å². The van der Waals surface area contributed by atoms with Crippen LogP contribution in [0.4, 0.5) is 0 Å². The Hall–Kier alpha value is -2.29. The average molecular weight is 342 g/mol. The molecule has 0 heterocycles. The third kappa shape index (κ3) is 6.26. The number of carboxylic acid groups (broad SMARTS) is 1. The van der Waals surface area contributed by atoms with Crippen molar-refractivity contribution in [2.24, 2.45) is 0 Å². The molecule has 3 heteroatoms. The van der Waals surface area contributed by atoms with E-state index in [0.717, 1.165) is 24.2 Å². The maximum Gasteiger partial charge on any atom is 0.303 e. The predicted molar refractivity (Wildman–Crippen MR) is 103 cm³/mol. The lowest BCUT2D eigenvalue weighted by molar-refractivity contribution is -0.137. The maximum absolute atomic E-state index is 10.9. The first kappa shape index (κ1) is 20.8. The summed E-state index contributed by atoms with van der Waals surface area (Å²) in [7, 11) is 0. The van der Waals surface area contributed by atoms with Crippen LogP contribution < -0.4 is 4.74 Å². The van der Waals surface area contributed by atoms with Crippen LogP contribution in [0.25, 0.3) is 0 Å². The molecule has 1 aliphatic rings. The fourth-order valence-corrected chi connectivity index (χ4v) is 2.94. The molecule has 3 nitrogen and oxygen atoms in total. The molecule has 0 bridgehead atoms. The van der Waals surface area contributed by atoms with Crippen LogP contribution in [0.2, 0.25) is 0 Å². The molecule has 0 saturated heterocycles. The van der Waals surface area contributed by atoms with Crippen molar-refractivity contribution >= 4 is 5.97 Å². The highest BCUT2D eigenvalue weighted by atomic mass is 16.5. The Bertz CT molecular complexity index is 650. The van der Waals surface area contributed by atoms with E-state index in [2.05, 4.69) is 19.9 Å². The van der Waals surface area contributed by atoms with Crippen LogP contribution in [-0.4, -0.2) is 11.1 Å². The van der Waals surface area contributed by atoms with Gasteiger partial charge in [0, 0.05) is 0 Å². The molecule has 1 N–H and O–H groups in total. The van der Waals surface area contributed by atoms with Gasteiger partial charge >= 0.3 is 5.97 Å². The number of rotatable bonds is 5. The normalized spacial score (nSPS) is 14.6. The molecular formula is C22H30O3. The van der Waals surface area contributed by atoms with Gasteiger partial charge in [-0.1, -0.05) is 64.1 Å². The number of hydrogen-bond acceptors (Lipinski definition) is 2.